The molecule has 0 saturated heterocycles. The van der Waals surface area contributed by atoms with Crippen LogP contribution in [0.1, 0.15) is 34.7 Å². The van der Waals surface area contributed by atoms with Crippen LogP contribution >= 0.6 is 0 Å². The zero-order chi connectivity index (χ0) is 26.7. The van der Waals surface area contributed by atoms with Crippen LogP contribution in [0.3, 0.4) is 0 Å². The summed E-state index contributed by atoms with van der Waals surface area (Å²) in [7, 11) is 2.74. The summed E-state index contributed by atoms with van der Waals surface area (Å²) < 4.78 is 11.6. The molecule has 0 radical (unpaired) electrons. The number of esters is 1. The first-order valence-electron chi connectivity index (χ1n) is 11.7. The number of carbonyl (C=O) groups is 1. The van der Waals surface area contributed by atoms with Crippen LogP contribution in [0.15, 0.2) is 64.2 Å². The predicted molar refractivity (Wildman–Crippen MR) is 139 cm³/mol. The largest absolute Gasteiger partial charge is 0.508 e. The number of H-pyrrole nitrogens is 1. The van der Waals surface area contributed by atoms with E-state index >= 15 is 0 Å². The first-order valence-corrected chi connectivity index (χ1v) is 11.7. The van der Waals surface area contributed by atoms with Crippen LogP contribution in [0, 0.1) is 6.92 Å². The fourth-order valence-corrected chi connectivity index (χ4v) is 4.48. The molecule has 9 heteroatoms. The topological polar surface area (TPSA) is 131 Å². The average molecular weight is 505 g/mol. The van der Waals surface area contributed by atoms with Gasteiger partial charge in [-0.25, -0.2) is 0 Å². The maximum atomic E-state index is 13.7. The number of hydrogen-bond acceptors (Lipinski definition) is 7. The first kappa shape index (κ1) is 25.6. The van der Waals surface area contributed by atoms with Crippen LogP contribution in [-0.2, 0) is 22.5 Å². The van der Waals surface area contributed by atoms with Crippen molar-refractivity contribution < 1.29 is 24.5 Å². The van der Waals surface area contributed by atoms with Gasteiger partial charge < -0.3 is 29.2 Å². The van der Waals surface area contributed by atoms with E-state index in [1.165, 1.54) is 24.9 Å². The van der Waals surface area contributed by atoms with Crippen LogP contribution in [0.2, 0.25) is 0 Å². The number of fused-ring (bicyclic) bond motifs is 1. The third-order valence-corrected chi connectivity index (χ3v) is 6.49. The number of hydrogen-bond donors (Lipinski definition) is 3. The zero-order valence-electron chi connectivity index (χ0n) is 20.8. The van der Waals surface area contributed by atoms with Crippen molar-refractivity contribution in [2.45, 2.75) is 32.2 Å². The summed E-state index contributed by atoms with van der Waals surface area (Å²) in [6.07, 6.45) is 0.177. The molecule has 37 heavy (non-hydrogen) atoms. The molecule has 0 bridgehead atoms. The fourth-order valence-electron chi connectivity index (χ4n) is 4.48. The number of aromatic hydroxyl groups is 2. The molecule has 0 fully saturated rings. The summed E-state index contributed by atoms with van der Waals surface area (Å²) in [5.74, 6) is -1.26. The Morgan fingerprint density at radius 2 is 1.76 bits per heavy atom. The number of rotatable bonds is 8. The Morgan fingerprint density at radius 1 is 1.03 bits per heavy atom. The molecule has 0 aliphatic heterocycles. The van der Waals surface area contributed by atoms with E-state index in [2.05, 4.69) is 4.98 Å². The molecule has 192 valence electrons. The second-order valence-electron chi connectivity index (χ2n) is 8.80. The van der Waals surface area contributed by atoms with Gasteiger partial charge in [-0.3, -0.25) is 14.4 Å². The molecule has 4 aromatic rings. The normalized spacial score (nSPS) is 11.9. The van der Waals surface area contributed by atoms with Crippen molar-refractivity contribution in [1.82, 2.24) is 9.55 Å². The standard InChI is InChI=1S/C28H28N2O7/c1-16-12-24(32)26(28(35)30(16)11-10-17-4-7-19(31)8-5-17)21(15-25(33)37-3)22-13-18-6-9-20(36-2)14-23(18)29-27(22)34/h4-9,12-14,21,31-32H,10-11,15H2,1-3H3,(H,29,34). The minimum Gasteiger partial charge on any atom is -0.508 e. The Bertz CT molecular complexity index is 1570. The molecule has 9 nitrogen and oxygen atoms in total. The molecule has 2 aromatic carbocycles. The van der Waals surface area contributed by atoms with E-state index in [1.54, 1.807) is 55.5 Å². The second kappa shape index (κ2) is 10.6. The van der Waals surface area contributed by atoms with Gasteiger partial charge in [-0.15, -0.1) is 0 Å². The Balaban J connectivity index is 1.83. The van der Waals surface area contributed by atoms with E-state index in [0.717, 1.165) is 5.56 Å². The Hall–Kier alpha value is -4.53. The molecule has 2 aromatic heterocycles. The van der Waals surface area contributed by atoms with Gasteiger partial charge in [-0.1, -0.05) is 12.1 Å². The van der Waals surface area contributed by atoms with Gasteiger partial charge in [0, 0.05) is 29.8 Å². The first-order chi connectivity index (χ1) is 17.7. The number of aromatic nitrogens is 2. The quantitative estimate of drug-likeness (QED) is 0.314. The van der Waals surface area contributed by atoms with Crippen molar-refractivity contribution in [2.75, 3.05) is 14.2 Å². The van der Waals surface area contributed by atoms with E-state index in [0.29, 0.717) is 35.3 Å². The molecule has 2 heterocycles. The summed E-state index contributed by atoms with van der Waals surface area (Å²) in [6.45, 7) is 1.99. The molecular weight excluding hydrogens is 476 g/mol. The SMILES string of the molecule is COC(=O)CC(c1cc2ccc(OC)cc2[nH]c1=O)c1c(O)cc(C)n(CCc2ccc(O)cc2)c1=O. The number of nitrogens with one attached hydrogen (secondary N) is 1. The van der Waals surface area contributed by atoms with E-state index in [4.69, 9.17) is 9.47 Å². The molecule has 0 saturated carbocycles. The van der Waals surface area contributed by atoms with Crippen LogP contribution in [0.25, 0.3) is 10.9 Å². The smallest absolute Gasteiger partial charge is 0.306 e. The maximum Gasteiger partial charge on any atom is 0.306 e. The van der Waals surface area contributed by atoms with E-state index < -0.39 is 23.0 Å². The summed E-state index contributed by atoms with van der Waals surface area (Å²) in [5.41, 5.74) is 1.07. The number of carbonyl (C=O) groups excluding carboxylic acids is 1. The van der Waals surface area contributed by atoms with Gasteiger partial charge in [-0.05, 0) is 60.7 Å². The van der Waals surface area contributed by atoms with Gasteiger partial charge in [0.1, 0.15) is 17.2 Å². The van der Waals surface area contributed by atoms with Crippen LogP contribution in [0.4, 0.5) is 0 Å². The molecule has 1 atom stereocenters. The lowest BCUT2D eigenvalue weighted by Gasteiger charge is -2.20. The van der Waals surface area contributed by atoms with Crippen molar-refractivity contribution in [1.29, 1.82) is 0 Å². The zero-order valence-corrected chi connectivity index (χ0v) is 20.8. The third-order valence-electron chi connectivity index (χ3n) is 6.49. The number of methoxy groups -OCH3 is 2. The van der Waals surface area contributed by atoms with Gasteiger partial charge in [-0.2, -0.15) is 0 Å². The highest BCUT2D eigenvalue weighted by molar-refractivity contribution is 5.81. The van der Waals surface area contributed by atoms with E-state index in [1.807, 2.05) is 0 Å². The Morgan fingerprint density at radius 3 is 2.43 bits per heavy atom. The lowest BCUT2D eigenvalue weighted by atomic mass is 9.88. The molecule has 4 rings (SSSR count). The fraction of sp³-hybridized carbons (Fsp3) is 0.250. The summed E-state index contributed by atoms with van der Waals surface area (Å²) >= 11 is 0. The molecule has 0 aliphatic rings. The van der Waals surface area contributed by atoms with Crippen molar-refractivity contribution >= 4 is 16.9 Å². The number of nitrogens with zero attached hydrogens (tertiary/aromatic N) is 1. The highest BCUT2D eigenvalue weighted by Gasteiger charge is 2.29. The number of aryl methyl sites for hydroxylation is 2. The number of benzene rings is 2. The number of pyridine rings is 2. The van der Waals surface area contributed by atoms with Gasteiger partial charge in [0.15, 0.2) is 0 Å². The minimum absolute atomic E-state index is 0.0555. The van der Waals surface area contributed by atoms with Crippen LogP contribution in [-0.4, -0.2) is 40.0 Å². The molecule has 3 N–H and O–H groups in total. The van der Waals surface area contributed by atoms with Crippen molar-refractivity contribution in [3.05, 3.63) is 97.7 Å². The summed E-state index contributed by atoms with van der Waals surface area (Å²) in [6, 6.07) is 14.9. The highest BCUT2D eigenvalue weighted by Crippen LogP contribution is 2.32. The van der Waals surface area contributed by atoms with Crippen LogP contribution < -0.4 is 15.9 Å². The molecular formula is C28H28N2O7. The monoisotopic (exact) mass is 504 g/mol. The number of aromatic amines is 1. The van der Waals surface area contributed by atoms with Crippen molar-refractivity contribution in [3.8, 4) is 17.2 Å². The molecule has 0 spiro atoms. The van der Waals surface area contributed by atoms with Crippen molar-refractivity contribution in [2.24, 2.45) is 0 Å². The third kappa shape index (κ3) is 5.35. The number of ether oxygens (including phenoxy) is 2. The Labute approximate surface area is 212 Å². The lowest BCUT2D eigenvalue weighted by molar-refractivity contribution is -0.140. The minimum atomic E-state index is -1.05. The van der Waals surface area contributed by atoms with Gasteiger partial charge in [0.2, 0.25) is 0 Å². The van der Waals surface area contributed by atoms with Crippen LogP contribution in [0.5, 0.6) is 17.2 Å². The average Bonchev–Trinajstić information content (AvgIpc) is 2.88. The summed E-state index contributed by atoms with van der Waals surface area (Å²) in [4.78, 5) is 42.1. The van der Waals surface area contributed by atoms with E-state index in [9.17, 15) is 24.6 Å². The highest BCUT2D eigenvalue weighted by atomic mass is 16.5. The summed E-state index contributed by atoms with van der Waals surface area (Å²) in [5, 5.41) is 21.1. The maximum absolute atomic E-state index is 13.7. The molecule has 0 aliphatic carbocycles. The number of phenols is 1. The molecule has 1 unspecified atom stereocenters. The Kier molecular flexibility index (Phi) is 7.33. The molecule has 0 amide bonds. The van der Waals surface area contributed by atoms with Gasteiger partial charge in [0.25, 0.3) is 11.1 Å². The van der Waals surface area contributed by atoms with Crippen molar-refractivity contribution in [3.63, 3.8) is 0 Å². The predicted octanol–water partition coefficient (Wildman–Crippen LogP) is 3.36. The second-order valence-corrected chi connectivity index (χ2v) is 8.80. The number of phenolic OH excluding ortho intramolecular Hbond substituents is 1. The van der Waals surface area contributed by atoms with Gasteiger partial charge in [0.05, 0.1) is 31.7 Å². The van der Waals surface area contributed by atoms with E-state index in [-0.39, 0.29) is 29.0 Å². The van der Waals surface area contributed by atoms with Gasteiger partial charge >= 0.3 is 5.97 Å². The lowest BCUT2D eigenvalue weighted by Crippen LogP contribution is -2.31.